The molecule has 0 aromatic heterocycles. The van der Waals surface area contributed by atoms with Gasteiger partial charge in [-0.25, -0.2) is 0 Å². The molecule has 5 fully saturated rings. The highest BCUT2D eigenvalue weighted by atomic mass is 16.6. The molecule has 0 aromatic carbocycles. The number of Topliss-reactive ketones (excluding diaryl/α,β-unsaturated/α-hetero) is 2. The van der Waals surface area contributed by atoms with Gasteiger partial charge in [-0.3, -0.25) is 9.59 Å². The number of fused-ring (bicyclic) bond motifs is 7. The lowest BCUT2D eigenvalue weighted by Gasteiger charge is -2.57. The first kappa shape index (κ1) is 13.7. The van der Waals surface area contributed by atoms with E-state index in [0.717, 1.165) is 25.7 Å². The first-order chi connectivity index (χ1) is 10.4. The molecule has 0 radical (unpaired) electrons. The van der Waals surface area contributed by atoms with Gasteiger partial charge in [0.1, 0.15) is 11.6 Å². The standard InChI is InChI=1S/C19H26O3/c1-18-8-7-14-17(22-14)12(18)4-3-10-11-5-6-15(21)19(11,2)9-13(20)16(10)18/h10-12,14,16-17H,3-9H2,1-2H3/t10-,11-,12-,14+,16+,17-,18-,19-/m0/s1. The number of rotatable bonds is 0. The van der Waals surface area contributed by atoms with Crippen LogP contribution in [0.4, 0.5) is 0 Å². The number of hydrogen-bond acceptors (Lipinski definition) is 3. The van der Waals surface area contributed by atoms with Gasteiger partial charge in [0, 0.05) is 24.2 Å². The Kier molecular flexibility index (Phi) is 2.51. The van der Waals surface area contributed by atoms with Crippen molar-refractivity contribution in [2.75, 3.05) is 0 Å². The van der Waals surface area contributed by atoms with E-state index in [1.807, 2.05) is 0 Å². The first-order valence-electron chi connectivity index (χ1n) is 9.16. The number of carbonyl (C=O) groups is 2. The molecule has 0 aromatic rings. The molecule has 5 aliphatic rings. The summed E-state index contributed by atoms with van der Waals surface area (Å²) < 4.78 is 5.89. The van der Waals surface area contributed by atoms with Crippen LogP contribution in [0.25, 0.3) is 0 Å². The van der Waals surface area contributed by atoms with Crippen LogP contribution >= 0.6 is 0 Å². The van der Waals surface area contributed by atoms with Gasteiger partial charge in [-0.15, -0.1) is 0 Å². The Morgan fingerprint density at radius 2 is 1.86 bits per heavy atom. The average Bonchev–Trinajstić information content (AvgIpc) is 3.18. The molecule has 0 unspecified atom stereocenters. The third-order valence-electron chi connectivity index (χ3n) is 8.33. The zero-order valence-electron chi connectivity index (χ0n) is 13.6. The maximum atomic E-state index is 13.1. The quantitative estimate of drug-likeness (QED) is 0.646. The second-order valence-electron chi connectivity index (χ2n) is 9.14. The molecule has 5 rings (SSSR count). The summed E-state index contributed by atoms with van der Waals surface area (Å²) in [5.41, 5.74) is -0.209. The van der Waals surface area contributed by atoms with Gasteiger partial charge in [0.2, 0.25) is 0 Å². The van der Waals surface area contributed by atoms with E-state index in [1.54, 1.807) is 0 Å². The molecule has 3 heteroatoms. The molecule has 22 heavy (non-hydrogen) atoms. The molecule has 1 heterocycles. The molecule has 0 amide bonds. The van der Waals surface area contributed by atoms with Crippen LogP contribution in [0.5, 0.6) is 0 Å². The molecule has 4 saturated carbocycles. The normalized spacial score (nSPS) is 59.4. The Bertz CT molecular complexity index is 569. The molecule has 8 atom stereocenters. The molecule has 120 valence electrons. The predicted molar refractivity (Wildman–Crippen MR) is 81.2 cm³/mol. The van der Waals surface area contributed by atoms with Crippen molar-refractivity contribution in [1.82, 2.24) is 0 Å². The van der Waals surface area contributed by atoms with Crippen molar-refractivity contribution in [3.05, 3.63) is 0 Å². The Balaban J connectivity index is 1.55. The first-order valence-corrected chi connectivity index (χ1v) is 9.16. The maximum Gasteiger partial charge on any atom is 0.139 e. The van der Waals surface area contributed by atoms with E-state index in [2.05, 4.69) is 13.8 Å². The second kappa shape index (κ2) is 4.03. The highest BCUT2D eigenvalue weighted by Crippen LogP contribution is 2.66. The lowest BCUT2D eigenvalue weighted by molar-refractivity contribution is -0.158. The topological polar surface area (TPSA) is 46.7 Å². The predicted octanol–water partition coefficient (Wildman–Crippen LogP) is 3.15. The highest BCUT2D eigenvalue weighted by Gasteiger charge is 2.67. The number of carbonyl (C=O) groups excluding carboxylic acids is 2. The molecular formula is C19H26O3. The molecule has 3 nitrogen and oxygen atoms in total. The number of ether oxygens (including phenoxy) is 1. The summed E-state index contributed by atoms with van der Waals surface area (Å²) in [6.45, 7) is 4.44. The van der Waals surface area contributed by atoms with Crippen molar-refractivity contribution < 1.29 is 14.3 Å². The van der Waals surface area contributed by atoms with Crippen molar-refractivity contribution in [1.29, 1.82) is 0 Å². The van der Waals surface area contributed by atoms with Crippen LogP contribution in [0.1, 0.15) is 58.8 Å². The minimum atomic E-state index is -0.339. The van der Waals surface area contributed by atoms with Crippen molar-refractivity contribution in [3.63, 3.8) is 0 Å². The van der Waals surface area contributed by atoms with E-state index < -0.39 is 0 Å². The van der Waals surface area contributed by atoms with Crippen LogP contribution in [-0.4, -0.2) is 23.8 Å². The van der Waals surface area contributed by atoms with Crippen molar-refractivity contribution in [2.45, 2.75) is 71.0 Å². The molecule has 1 aliphatic heterocycles. The molecule has 0 N–H and O–H groups in total. The lowest BCUT2D eigenvalue weighted by atomic mass is 9.45. The van der Waals surface area contributed by atoms with Crippen LogP contribution in [0.3, 0.4) is 0 Å². The Labute approximate surface area is 132 Å². The van der Waals surface area contributed by atoms with Gasteiger partial charge in [0.15, 0.2) is 0 Å². The summed E-state index contributed by atoms with van der Waals surface area (Å²) in [4.78, 5) is 25.5. The summed E-state index contributed by atoms with van der Waals surface area (Å²) in [6, 6.07) is 0. The Hall–Kier alpha value is -0.700. The fourth-order valence-corrected chi connectivity index (χ4v) is 7.19. The minimum absolute atomic E-state index is 0.130. The van der Waals surface area contributed by atoms with Crippen molar-refractivity contribution in [2.24, 2.45) is 34.5 Å². The minimum Gasteiger partial charge on any atom is -0.369 e. The van der Waals surface area contributed by atoms with Gasteiger partial charge in [-0.1, -0.05) is 13.8 Å². The van der Waals surface area contributed by atoms with E-state index >= 15 is 0 Å². The second-order valence-corrected chi connectivity index (χ2v) is 9.14. The zero-order chi connectivity index (χ0) is 15.3. The summed E-state index contributed by atoms with van der Waals surface area (Å²) in [7, 11) is 0. The maximum absolute atomic E-state index is 13.1. The average molecular weight is 302 g/mol. The monoisotopic (exact) mass is 302 g/mol. The molecular weight excluding hydrogens is 276 g/mol. The molecule has 0 bridgehead atoms. The van der Waals surface area contributed by atoms with Gasteiger partial charge in [0.05, 0.1) is 12.2 Å². The SMILES string of the molecule is C[C@]12CC[C@H]3O[C@H]3[C@@H]1CC[C@@H]1[C@@H]2C(=O)C[C@]2(C)C(=O)CC[C@@H]12. The van der Waals surface area contributed by atoms with Gasteiger partial charge >= 0.3 is 0 Å². The van der Waals surface area contributed by atoms with Crippen molar-refractivity contribution >= 4 is 11.6 Å². The number of ketones is 2. The fourth-order valence-electron chi connectivity index (χ4n) is 7.19. The Morgan fingerprint density at radius 1 is 1.05 bits per heavy atom. The van der Waals surface area contributed by atoms with Crippen LogP contribution in [0.2, 0.25) is 0 Å². The van der Waals surface area contributed by atoms with E-state index in [0.29, 0.717) is 54.4 Å². The van der Waals surface area contributed by atoms with Crippen molar-refractivity contribution in [3.8, 4) is 0 Å². The lowest BCUT2D eigenvalue weighted by Crippen LogP contribution is -2.58. The Morgan fingerprint density at radius 3 is 2.68 bits per heavy atom. The van der Waals surface area contributed by atoms with E-state index in [-0.39, 0.29) is 16.7 Å². The number of epoxide rings is 1. The van der Waals surface area contributed by atoms with Gasteiger partial charge in [0.25, 0.3) is 0 Å². The van der Waals surface area contributed by atoms with Crippen LogP contribution in [0.15, 0.2) is 0 Å². The van der Waals surface area contributed by atoms with E-state index in [1.165, 1.54) is 6.42 Å². The van der Waals surface area contributed by atoms with Gasteiger partial charge < -0.3 is 4.74 Å². The van der Waals surface area contributed by atoms with Gasteiger partial charge in [-0.05, 0) is 55.3 Å². The fraction of sp³-hybridized carbons (Fsp3) is 0.895. The van der Waals surface area contributed by atoms with Crippen LogP contribution < -0.4 is 0 Å². The summed E-state index contributed by atoms with van der Waals surface area (Å²) in [5, 5.41) is 0. The summed E-state index contributed by atoms with van der Waals surface area (Å²) >= 11 is 0. The van der Waals surface area contributed by atoms with E-state index in [9.17, 15) is 9.59 Å². The molecule has 1 saturated heterocycles. The number of hydrogen-bond donors (Lipinski definition) is 0. The third-order valence-corrected chi connectivity index (χ3v) is 8.33. The van der Waals surface area contributed by atoms with Crippen LogP contribution in [0, 0.1) is 34.5 Å². The summed E-state index contributed by atoms with van der Waals surface area (Å²) in [6.07, 6.45) is 7.77. The van der Waals surface area contributed by atoms with Crippen LogP contribution in [-0.2, 0) is 14.3 Å². The summed E-state index contributed by atoms with van der Waals surface area (Å²) in [5.74, 6) is 2.43. The smallest absolute Gasteiger partial charge is 0.139 e. The zero-order valence-corrected chi connectivity index (χ0v) is 13.6. The third kappa shape index (κ3) is 1.47. The highest BCUT2D eigenvalue weighted by molar-refractivity contribution is 5.95. The largest absolute Gasteiger partial charge is 0.369 e. The molecule has 4 aliphatic carbocycles. The van der Waals surface area contributed by atoms with Gasteiger partial charge in [-0.2, -0.15) is 0 Å². The van der Waals surface area contributed by atoms with E-state index in [4.69, 9.17) is 4.74 Å². The molecule has 0 spiro atoms.